The molecule has 0 heterocycles. The summed E-state index contributed by atoms with van der Waals surface area (Å²) in [5.74, 6) is -2.02. The Balaban J connectivity index is 4.59. The summed E-state index contributed by atoms with van der Waals surface area (Å²) >= 11 is 0. The molecule has 0 aliphatic carbocycles. The Hall–Kier alpha value is -1.63. The molecule has 0 aromatic rings. The van der Waals surface area contributed by atoms with Gasteiger partial charge in [-0.1, -0.05) is 13.8 Å². The van der Waals surface area contributed by atoms with E-state index in [0.717, 1.165) is 7.11 Å². The molecule has 19 heavy (non-hydrogen) atoms. The number of rotatable bonds is 7. The van der Waals surface area contributed by atoms with Crippen LogP contribution in [0.5, 0.6) is 0 Å². The Morgan fingerprint density at radius 2 is 1.74 bits per heavy atom. The number of esters is 2. The van der Waals surface area contributed by atoms with E-state index in [1.807, 2.05) is 13.8 Å². The first-order chi connectivity index (χ1) is 8.81. The molecular weight excluding hydrogens is 254 g/mol. The lowest BCUT2D eigenvalue weighted by atomic mass is 10.1. The first-order valence-corrected chi connectivity index (χ1v) is 5.94. The number of aliphatic hydroxyl groups is 1. The van der Waals surface area contributed by atoms with Crippen molar-refractivity contribution in [2.24, 2.45) is 5.92 Å². The fraction of sp³-hybridized carbons (Fsp3) is 0.750. The van der Waals surface area contributed by atoms with Crippen LogP contribution in [0.2, 0.25) is 0 Å². The first kappa shape index (κ1) is 17.4. The summed E-state index contributed by atoms with van der Waals surface area (Å²) in [6, 6.07) is -1.16. The van der Waals surface area contributed by atoms with Crippen LogP contribution < -0.4 is 5.32 Å². The Morgan fingerprint density at radius 3 is 2.16 bits per heavy atom. The molecule has 0 aliphatic rings. The highest BCUT2D eigenvalue weighted by molar-refractivity contribution is 5.89. The largest absolute Gasteiger partial charge is 0.469 e. The van der Waals surface area contributed by atoms with Crippen LogP contribution in [0, 0.1) is 5.92 Å². The minimum atomic E-state index is -1.23. The summed E-state index contributed by atoms with van der Waals surface area (Å²) < 4.78 is 8.90. The van der Waals surface area contributed by atoms with Crippen molar-refractivity contribution in [2.45, 2.75) is 38.8 Å². The van der Waals surface area contributed by atoms with Crippen LogP contribution in [0.25, 0.3) is 0 Å². The maximum absolute atomic E-state index is 11.7. The van der Waals surface area contributed by atoms with E-state index >= 15 is 0 Å². The highest BCUT2D eigenvalue weighted by Gasteiger charge is 2.27. The molecule has 0 bridgehead atoms. The molecule has 7 nitrogen and oxygen atoms in total. The van der Waals surface area contributed by atoms with Crippen molar-refractivity contribution in [1.82, 2.24) is 5.32 Å². The Bertz CT molecular complexity index is 328. The zero-order chi connectivity index (χ0) is 15.0. The monoisotopic (exact) mass is 275 g/mol. The molecule has 0 aromatic carbocycles. The first-order valence-electron chi connectivity index (χ1n) is 5.94. The lowest BCUT2D eigenvalue weighted by molar-refractivity contribution is -0.151. The van der Waals surface area contributed by atoms with E-state index in [1.54, 1.807) is 0 Å². The summed E-state index contributed by atoms with van der Waals surface area (Å²) in [4.78, 5) is 34.2. The van der Waals surface area contributed by atoms with E-state index < -0.39 is 30.0 Å². The number of hydrogen-bond donors (Lipinski definition) is 2. The SMILES string of the molecule is COC(=O)C[C@@H](NC(=O)[C@H](O)CC(C)C)C(=O)OC. The van der Waals surface area contributed by atoms with E-state index in [4.69, 9.17) is 0 Å². The molecule has 0 fully saturated rings. The van der Waals surface area contributed by atoms with Crippen LogP contribution in [-0.4, -0.2) is 49.3 Å². The molecule has 0 spiro atoms. The zero-order valence-corrected chi connectivity index (χ0v) is 11.6. The molecule has 0 saturated carbocycles. The number of nitrogens with one attached hydrogen (secondary N) is 1. The molecule has 0 aromatic heterocycles. The fourth-order valence-corrected chi connectivity index (χ4v) is 1.41. The summed E-state index contributed by atoms with van der Waals surface area (Å²) in [6.45, 7) is 3.70. The Kier molecular flexibility index (Phi) is 7.74. The molecule has 1 amide bonds. The predicted molar refractivity (Wildman–Crippen MR) is 66.0 cm³/mol. The van der Waals surface area contributed by atoms with Gasteiger partial charge < -0.3 is 19.9 Å². The van der Waals surface area contributed by atoms with Gasteiger partial charge in [0, 0.05) is 0 Å². The third kappa shape index (κ3) is 6.76. The molecule has 0 unspecified atom stereocenters. The zero-order valence-electron chi connectivity index (χ0n) is 11.6. The number of carbonyl (C=O) groups excluding carboxylic acids is 3. The van der Waals surface area contributed by atoms with Crippen molar-refractivity contribution in [2.75, 3.05) is 14.2 Å². The van der Waals surface area contributed by atoms with Gasteiger partial charge in [0.2, 0.25) is 5.91 Å². The number of hydrogen-bond acceptors (Lipinski definition) is 6. The van der Waals surface area contributed by atoms with Gasteiger partial charge in [-0.3, -0.25) is 9.59 Å². The Labute approximate surface area is 112 Å². The highest BCUT2D eigenvalue weighted by atomic mass is 16.5. The van der Waals surface area contributed by atoms with Crippen molar-refractivity contribution in [3.63, 3.8) is 0 Å². The average molecular weight is 275 g/mol. The topological polar surface area (TPSA) is 102 Å². The molecule has 0 rings (SSSR count). The van der Waals surface area contributed by atoms with E-state index in [9.17, 15) is 19.5 Å². The summed E-state index contributed by atoms with van der Waals surface area (Å²) in [7, 11) is 2.31. The van der Waals surface area contributed by atoms with Gasteiger partial charge in [-0.2, -0.15) is 0 Å². The van der Waals surface area contributed by atoms with E-state index in [1.165, 1.54) is 7.11 Å². The van der Waals surface area contributed by atoms with Crippen molar-refractivity contribution < 1.29 is 29.0 Å². The maximum Gasteiger partial charge on any atom is 0.328 e. The van der Waals surface area contributed by atoms with Gasteiger partial charge in [-0.15, -0.1) is 0 Å². The van der Waals surface area contributed by atoms with Gasteiger partial charge in [-0.25, -0.2) is 4.79 Å². The van der Waals surface area contributed by atoms with Crippen LogP contribution in [0.4, 0.5) is 0 Å². The van der Waals surface area contributed by atoms with Gasteiger partial charge in [0.15, 0.2) is 0 Å². The van der Waals surface area contributed by atoms with E-state index in [-0.39, 0.29) is 18.8 Å². The van der Waals surface area contributed by atoms with Crippen LogP contribution in [0.3, 0.4) is 0 Å². The van der Waals surface area contributed by atoms with Gasteiger partial charge in [0.05, 0.1) is 20.6 Å². The third-order valence-corrected chi connectivity index (χ3v) is 2.40. The van der Waals surface area contributed by atoms with Crippen LogP contribution in [-0.2, 0) is 23.9 Å². The van der Waals surface area contributed by atoms with Crippen molar-refractivity contribution in [3.05, 3.63) is 0 Å². The molecule has 7 heteroatoms. The smallest absolute Gasteiger partial charge is 0.328 e. The minimum absolute atomic E-state index is 0.123. The number of carbonyl (C=O) groups is 3. The second kappa shape index (κ2) is 8.47. The van der Waals surface area contributed by atoms with Crippen LogP contribution in [0.1, 0.15) is 26.7 Å². The predicted octanol–water partition coefficient (Wildman–Crippen LogP) is -0.386. The number of aliphatic hydroxyl groups excluding tert-OH is 1. The van der Waals surface area contributed by atoms with Gasteiger partial charge in [-0.05, 0) is 12.3 Å². The highest BCUT2D eigenvalue weighted by Crippen LogP contribution is 2.06. The number of methoxy groups -OCH3 is 2. The van der Waals surface area contributed by atoms with Crippen molar-refractivity contribution in [1.29, 1.82) is 0 Å². The molecular formula is C12H21NO6. The second-order valence-corrected chi connectivity index (χ2v) is 4.51. The normalized spacial score (nSPS) is 13.6. The van der Waals surface area contributed by atoms with Crippen LogP contribution in [0.15, 0.2) is 0 Å². The van der Waals surface area contributed by atoms with Gasteiger partial charge >= 0.3 is 11.9 Å². The summed E-state index contributed by atoms with van der Waals surface area (Å²) in [6.07, 6.45) is -1.31. The Morgan fingerprint density at radius 1 is 1.16 bits per heavy atom. The van der Waals surface area contributed by atoms with Gasteiger partial charge in [0.1, 0.15) is 12.1 Å². The molecule has 0 saturated heterocycles. The fourth-order valence-electron chi connectivity index (χ4n) is 1.41. The average Bonchev–Trinajstić information content (AvgIpc) is 2.35. The lowest BCUT2D eigenvalue weighted by Crippen LogP contribution is -2.47. The standard InChI is InChI=1S/C12H21NO6/c1-7(2)5-9(14)11(16)13-8(12(17)19-4)6-10(15)18-3/h7-9,14H,5-6H2,1-4H3,(H,13,16)/t8-,9-/m1/s1. The number of amides is 1. The molecule has 2 atom stereocenters. The molecule has 0 aliphatic heterocycles. The minimum Gasteiger partial charge on any atom is -0.469 e. The summed E-state index contributed by atoms with van der Waals surface area (Å²) in [5, 5.41) is 11.9. The van der Waals surface area contributed by atoms with Crippen LogP contribution >= 0.6 is 0 Å². The third-order valence-electron chi connectivity index (χ3n) is 2.40. The van der Waals surface area contributed by atoms with Crippen molar-refractivity contribution in [3.8, 4) is 0 Å². The lowest BCUT2D eigenvalue weighted by Gasteiger charge is -2.18. The second-order valence-electron chi connectivity index (χ2n) is 4.51. The number of ether oxygens (including phenoxy) is 2. The van der Waals surface area contributed by atoms with E-state index in [0.29, 0.717) is 0 Å². The van der Waals surface area contributed by atoms with E-state index in [2.05, 4.69) is 14.8 Å². The molecule has 0 radical (unpaired) electrons. The quantitative estimate of drug-likeness (QED) is 0.614. The maximum atomic E-state index is 11.7. The van der Waals surface area contributed by atoms with Gasteiger partial charge in [0.25, 0.3) is 0 Å². The molecule has 2 N–H and O–H groups in total. The molecule has 110 valence electrons. The van der Waals surface area contributed by atoms with Crippen molar-refractivity contribution >= 4 is 17.8 Å². The summed E-state index contributed by atoms with van der Waals surface area (Å²) in [5.41, 5.74) is 0.